The van der Waals surface area contributed by atoms with E-state index in [1.807, 2.05) is 38.1 Å². The van der Waals surface area contributed by atoms with Crippen molar-refractivity contribution < 1.29 is 14.3 Å². The van der Waals surface area contributed by atoms with E-state index in [0.717, 1.165) is 17.7 Å². The van der Waals surface area contributed by atoms with Gasteiger partial charge >= 0.3 is 5.97 Å². The molecule has 0 saturated carbocycles. The topological polar surface area (TPSA) is 93.5 Å². The summed E-state index contributed by atoms with van der Waals surface area (Å²) in [5, 5.41) is 4.33. The second kappa shape index (κ2) is 8.64. The molecule has 2 aliphatic heterocycles. The summed E-state index contributed by atoms with van der Waals surface area (Å²) in [6.07, 6.45) is 7.13. The van der Waals surface area contributed by atoms with Crippen LogP contribution in [-0.4, -0.2) is 69.3 Å². The van der Waals surface area contributed by atoms with Crippen LogP contribution in [0.4, 0.5) is 5.95 Å². The lowest BCUT2D eigenvalue weighted by atomic mass is 9.75. The fraction of sp³-hybridized carbons (Fsp3) is 0.591. The number of nitrogens with zero attached hydrogens (tertiary/aromatic N) is 6. The van der Waals surface area contributed by atoms with Crippen LogP contribution in [0, 0.1) is 18.3 Å². The number of aryl methyl sites for hydroxylation is 2. The molecule has 2 saturated heterocycles. The minimum Gasteiger partial charge on any atom is -0.466 e. The molecule has 0 N–H and O–H groups in total. The third-order valence-electron chi connectivity index (χ3n) is 6.37. The molecule has 0 aliphatic carbocycles. The van der Waals surface area contributed by atoms with E-state index in [9.17, 15) is 9.59 Å². The molecule has 2 aromatic rings. The molecule has 0 radical (unpaired) electrons. The normalized spacial score (nSPS) is 23.4. The molecule has 166 valence electrons. The number of carbonyl (C=O) groups is 2. The summed E-state index contributed by atoms with van der Waals surface area (Å²) in [5.74, 6) is 0.456. The highest BCUT2D eigenvalue weighted by molar-refractivity contribution is 5.81. The number of hydrogen-bond donors (Lipinski definition) is 0. The zero-order valence-corrected chi connectivity index (χ0v) is 18.5. The zero-order chi connectivity index (χ0) is 22.0. The summed E-state index contributed by atoms with van der Waals surface area (Å²) in [6.45, 7) is 6.42. The number of carbonyl (C=O) groups excluding carboxylic acids is 2. The van der Waals surface area contributed by atoms with Crippen LogP contribution in [0.1, 0.15) is 31.0 Å². The van der Waals surface area contributed by atoms with Gasteiger partial charge in [0, 0.05) is 57.7 Å². The molecule has 1 amide bonds. The Kier molecular flexibility index (Phi) is 5.93. The third-order valence-corrected chi connectivity index (χ3v) is 6.37. The van der Waals surface area contributed by atoms with Crippen LogP contribution in [0.15, 0.2) is 24.7 Å². The van der Waals surface area contributed by atoms with Crippen LogP contribution < -0.4 is 4.90 Å². The number of aromatic nitrogens is 4. The number of amides is 1. The molecule has 0 spiro atoms. The van der Waals surface area contributed by atoms with Gasteiger partial charge in [0.15, 0.2) is 0 Å². The van der Waals surface area contributed by atoms with E-state index in [1.54, 1.807) is 17.1 Å². The maximum Gasteiger partial charge on any atom is 0.314 e. The number of hydrogen-bond acceptors (Lipinski definition) is 7. The van der Waals surface area contributed by atoms with Gasteiger partial charge in [-0.2, -0.15) is 5.10 Å². The first-order valence-electron chi connectivity index (χ1n) is 10.9. The first kappa shape index (κ1) is 21.3. The summed E-state index contributed by atoms with van der Waals surface area (Å²) in [5.41, 5.74) is 1.10. The smallest absolute Gasteiger partial charge is 0.314 e. The quantitative estimate of drug-likeness (QED) is 0.667. The van der Waals surface area contributed by atoms with Crippen molar-refractivity contribution in [3.8, 4) is 0 Å². The van der Waals surface area contributed by atoms with Crippen molar-refractivity contribution in [1.29, 1.82) is 0 Å². The lowest BCUT2D eigenvalue weighted by Gasteiger charge is -2.31. The van der Waals surface area contributed by atoms with Crippen LogP contribution in [0.5, 0.6) is 0 Å². The highest BCUT2D eigenvalue weighted by Crippen LogP contribution is 2.44. The van der Waals surface area contributed by atoms with Crippen LogP contribution in [0.25, 0.3) is 0 Å². The monoisotopic (exact) mass is 426 g/mol. The lowest BCUT2D eigenvalue weighted by molar-refractivity contribution is -0.157. The van der Waals surface area contributed by atoms with Gasteiger partial charge in [0.25, 0.3) is 0 Å². The molecule has 2 aromatic heterocycles. The van der Waals surface area contributed by atoms with Gasteiger partial charge in [-0.3, -0.25) is 14.3 Å². The Labute approximate surface area is 182 Å². The predicted molar refractivity (Wildman–Crippen MR) is 114 cm³/mol. The SMILES string of the molecule is CCOC(=O)[C@@]12CCCN(C(=O)Cc3ccn(C)n3)C[C@H]1CN(c1ncc(C)cn1)C2. The Morgan fingerprint density at radius 2 is 2.03 bits per heavy atom. The van der Waals surface area contributed by atoms with Crippen LogP contribution in [0.3, 0.4) is 0 Å². The minimum atomic E-state index is -0.649. The van der Waals surface area contributed by atoms with Crippen molar-refractivity contribution in [2.75, 3.05) is 37.7 Å². The summed E-state index contributed by atoms with van der Waals surface area (Å²) < 4.78 is 7.22. The largest absolute Gasteiger partial charge is 0.466 e. The highest BCUT2D eigenvalue weighted by atomic mass is 16.5. The maximum atomic E-state index is 13.1. The Hall–Kier alpha value is -2.97. The first-order chi connectivity index (χ1) is 14.9. The first-order valence-corrected chi connectivity index (χ1v) is 10.9. The lowest BCUT2D eigenvalue weighted by Crippen LogP contribution is -2.44. The Bertz CT molecular complexity index is 943. The van der Waals surface area contributed by atoms with E-state index in [1.165, 1.54) is 0 Å². The van der Waals surface area contributed by atoms with Gasteiger partial charge in [-0.1, -0.05) is 0 Å². The van der Waals surface area contributed by atoms with Gasteiger partial charge in [0.2, 0.25) is 11.9 Å². The molecule has 0 bridgehead atoms. The van der Waals surface area contributed by atoms with E-state index < -0.39 is 5.41 Å². The van der Waals surface area contributed by atoms with Crippen molar-refractivity contribution in [1.82, 2.24) is 24.6 Å². The molecule has 2 atom stereocenters. The van der Waals surface area contributed by atoms with E-state index in [4.69, 9.17) is 4.74 Å². The van der Waals surface area contributed by atoms with Crippen molar-refractivity contribution in [2.24, 2.45) is 18.4 Å². The summed E-state index contributed by atoms with van der Waals surface area (Å²) >= 11 is 0. The zero-order valence-electron chi connectivity index (χ0n) is 18.5. The van der Waals surface area contributed by atoms with Crippen molar-refractivity contribution in [3.05, 3.63) is 35.9 Å². The van der Waals surface area contributed by atoms with E-state index in [2.05, 4.69) is 20.0 Å². The highest BCUT2D eigenvalue weighted by Gasteiger charge is 2.55. The van der Waals surface area contributed by atoms with E-state index in [0.29, 0.717) is 45.2 Å². The molecule has 31 heavy (non-hydrogen) atoms. The van der Waals surface area contributed by atoms with Crippen molar-refractivity contribution in [3.63, 3.8) is 0 Å². The molecule has 2 fully saturated rings. The molecule has 0 unspecified atom stereocenters. The van der Waals surface area contributed by atoms with Crippen molar-refractivity contribution in [2.45, 2.75) is 33.1 Å². The number of likely N-dealkylation sites (tertiary alicyclic amines) is 1. The Morgan fingerprint density at radius 3 is 2.71 bits per heavy atom. The number of esters is 1. The molecule has 2 aliphatic rings. The van der Waals surface area contributed by atoms with Gasteiger partial charge < -0.3 is 14.5 Å². The third kappa shape index (κ3) is 4.26. The second-order valence-electron chi connectivity index (χ2n) is 8.62. The fourth-order valence-corrected chi connectivity index (χ4v) is 4.79. The Balaban J connectivity index is 1.56. The molecule has 4 heterocycles. The molecule has 9 heteroatoms. The van der Waals surface area contributed by atoms with Crippen molar-refractivity contribution >= 4 is 17.8 Å². The average Bonchev–Trinajstić information content (AvgIpc) is 3.26. The summed E-state index contributed by atoms with van der Waals surface area (Å²) in [7, 11) is 1.84. The maximum absolute atomic E-state index is 13.1. The number of fused-ring (bicyclic) bond motifs is 1. The van der Waals surface area contributed by atoms with Crippen LogP contribution in [-0.2, 0) is 27.8 Å². The number of anilines is 1. The minimum absolute atomic E-state index is 0.0355. The second-order valence-corrected chi connectivity index (χ2v) is 8.62. The van der Waals surface area contributed by atoms with Crippen LogP contribution >= 0.6 is 0 Å². The molecular formula is C22H30N6O3. The number of ether oxygens (including phenoxy) is 1. The van der Waals surface area contributed by atoms with Gasteiger partial charge in [-0.05, 0) is 38.3 Å². The fourth-order valence-electron chi connectivity index (χ4n) is 4.79. The van der Waals surface area contributed by atoms with E-state index >= 15 is 0 Å². The van der Waals surface area contributed by atoms with Gasteiger partial charge in [0.05, 0.1) is 24.1 Å². The summed E-state index contributed by atoms with van der Waals surface area (Å²) in [6, 6.07) is 1.87. The molecular weight excluding hydrogens is 396 g/mol. The number of rotatable bonds is 5. The molecule has 4 rings (SSSR count). The molecule has 9 nitrogen and oxygen atoms in total. The Morgan fingerprint density at radius 1 is 1.26 bits per heavy atom. The average molecular weight is 427 g/mol. The van der Waals surface area contributed by atoms with Gasteiger partial charge in [-0.15, -0.1) is 0 Å². The van der Waals surface area contributed by atoms with Gasteiger partial charge in [0.1, 0.15) is 0 Å². The van der Waals surface area contributed by atoms with Gasteiger partial charge in [-0.25, -0.2) is 9.97 Å². The van der Waals surface area contributed by atoms with E-state index in [-0.39, 0.29) is 24.2 Å². The predicted octanol–water partition coefficient (Wildman–Crippen LogP) is 1.37. The standard InChI is InChI=1S/C22H30N6O3/c1-4-31-20(30)22-7-5-8-27(19(29)10-18-6-9-26(3)25-18)13-17(22)14-28(15-22)21-23-11-16(2)12-24-21/h6,9,11-12,17H,4-5,7-8,10,13-15H2,1-3H3/t17-,22+/m0/s1. The van der Waals surface area contributed by atoms with Crippen LogP contribution in [0.2, 0.25) is 0 Å². The molecule has 0 aromatic carbocycles. The summed E-state index contributed by atoms with van der Waals surface area (Å²) in [4.78, 5) is 39.1.